The lowest BCUT2D eigenvalue weighted by atomic mass is 9.98. The lowest BCUT2D eigenvalue weighted by Gasteiger charge is -2.27. The van der Waals surface area contributed by atoms with Gasteiger partial charge in [-0.2, -0.15) is 0 Å². The summed E-state index contributed by atoms with van der Waals surface area (Å²) >= 11 is 6.08. The van der Waals surface area contributed by atoms with Crippen molar-refractivity contribution in [2.75, 3.05) is 13.2 Å². The zero-order valence-corrected chi connectivity index (χ0v) is 10.1. The molecule has 4 heteroatoms. The van der Waals surface area contributed by atoms with E-state index in [-0.39, 0.29) is 6.10 Å². The first kappa shape index (κ1) is 11.7. The van der Waals surface area contributed by atoms with Crippen LogP contribution in [0.5, 0.6) is 5.75 Å². The van der Waals surface area contributed by atoms with Crippen LogP contribution in [0.3, 0.4) is 0 Å². The van der Waals surface area contributed by atoms with Gasteiger partial charge in [0.15, 0.2) is 0 Å². The van der Waals surface area contributed by atoms with Crippen LogP contribution in [0.1, 0.15) is 19.4 Å². The van der Waals surface area contributed by atoms with Gasteiger partial charge in [-0.1, -0.05) is 17.7 Å². The third kappa shape index (κ3) is 2.48. The minimum Gasteiger partial charge on any atom is -0.484 e. The van der Waals surface area contributed by atoms with E-state index in [9.17, 15) is 5.11 Å². The fraction of sp³-hybridized carbons (Fsp3) is 0.500. The molecule has 0 radical (unpaired) electrons. The smallest absolute Gasteiger partial charge is 0.145 e. The Labute approximate surface area is 99.9 Å². The molecule has 1 aromatic rings. The summed E-state index contributed by atoms with van der Waals surface area (Å²) in [6.07, 6.45) is 0.102. The van der Waals surface area contributed by atoms with Gasteiger partial charge in [-0.3, -0.25) is 0 Å². The minimum atomic E-state index is -0.887. The fourth-order valence-corrected chi connectivity index (χ4v) is 1.66. The van der Waals surface area contributed by atoms with Crippen LogP contribution >= 0.6 is 11.6 Å². The minimum absolute atomic E-state index is 0.102. The number of benzene rings is 1. The average Bonchev–Trinajstić information content (AvgIpc) is 2.11. The second-order valence-electron chi connectivity index (χ2n) is 4.48. The molecule has 0 spiro atoms. The monoisotopic (exact) mass is 242 g/mol. The van der Waals surface area contributed by atoms with Crippen LogP contribution in [0, 0.1) is 0 Å². The summed E-state index contributed by atoms with van der Waals surface area (Å²) in [6, 6.07) is 5.34. The molecule has 0 bridgehead atoms. The standard InChI is InChI=1S/C12H15ClO3/c1-12(2,14)8-3-4-11(10(13)5-8)16-9-6-15-7-9/h3-5,9,14H,6-7H2,1-2H3. The van der Waals surface area contributed by atoms with Crippen LogP contribution in [0.15, 0.2) is 18.2 Å². The molecule has 1 N–H and O–H groups in total. The van der Waals surface area contributed by atoms with E-state index in [1.54, 1.807) is 26.0 Å². The Morgan fingerprint density at radius 2 is 2.12 bits per heavy atom. The number of hydrogen-bond donors (Lipinski definition) is 1. The van der Waals surface area contributed by atoms with E-state index in [1.807, 2.05) is 6.07 Å². The quantitative estimate of drug-likeness (QED) is 0.884. The Morgan fingerprint density at radius 1 is 1.44 bits per heavy atom. The van der Waals surface area contributed by atoms with E-state index in [4.69, 9.17) is 21.1 Å². The first-order valence-electron chi connectivity index (χ1n) is 5.23. The molecule has 0 unspecified atom stereocenters. The lowest BCUT2D eigenvalue weighted by Crippen LogP contribution is -2.38. The number of hydrogen-bond acceptors (Lipinski definition) is 3. The van der Waals surface area contributed by atoms with Crippen molar-refractivity contribution in [3.8, 4) is 5.75 Å². The van der Waals surface area contributed by atoms with Crippen LogP contribution in [0.4, 0.5) is 0 Å². The third-order valence-corrected chi connectivity index (χ3v) is 2.83. The van der Waals surface area contributed by atoms with Crippen molar-refractivity contribution in [2.24, 2.45) is 0 Å². The Balaban J connectivity index is 2.15. The normalized spacial score (nSPS) is 17.0. The molecule has 1 fully saturated rings. The van der Waals surface area contributed by atoms with Gasteiger partial charge in [-0.25, -0.2) is 0 Å². The van der Waals surface area contributed by atoms with Crippen molar-refractivity contribution in [1.82, 2.24) is 0 Å². The molecule has 2 rings (SSSR count). The van der Waals surface area contributed by atoms with Gasteiger partial charge in [0.25, 0.3) is 0 Å². The molecule has 1 aromatic carbocycles. The highest BCUT2D eigenvalue weighted by Crippen LogP contribution is 2.31. The summed E-state index contributed by atoms with van der Waals surface area (Å²) in [5.41, 5.74) is -0.114. The van der Waals surface area contributed by atoms with Gasteiger partial charge in [-0.15, -0.1) is 0 Å². The zero-order chi connectivity index (χ0) is 11.8. The molecular formula is C12H15ClO3. The van der Waals surface area contributed by atoms with Gasteiger partial charge in [-0.05, 0) is 31.5 Å². The molecule has 1 saturated heterocycles. The second kappa shape index (κ2) is 4.24. The summed E-state index contributed by atoms with van der Waals surface area (Å²) in [7, 11) is 0. The third-order valence-electron chi connectivity index (χ3n) is 2.54. The summed E-state index contributed by atoms with van der Waals surface area (Å²) in [6.45, 7) is 4.67. The first-order chi connectivity index (χ1) is 7.47. The highest BCUT2D eigenvalue weighted by molar-refractivity contribution is 6.32. The molecule has 1 aliphatic heterocycles. The van der Waals surface area contributed by atoms with E-state index in [2.05, 4.69) is 0 Å². The van der Waals surface area contributed by atoms with E-state index in [0.717, 1.165) is 5.56 Å². The summed E-state index contributed by atoms with van der Waals surface area (Å²) in [4.78, 5) is 0. The SMILES string of the molecule is CC(C)(O)c1ccc(OC2COC2)c(Cl)c1. The van der Waals surface area contributed by atoms with Gasteiger partial charge in [0.2, 0.25) is 0 Å². The number of halogens is 1. The Bertz CT molecular complexity index is 380. The van der Waals surface area contributed by atoms with Crippen LogP contribution in [0.2, 0.25) is 5.02 Å². The molecule has 88 valence electrons. The maximum Gasteiger partial charge on any atom is 0.145 e. The van der Waals surface area contributed by atoms with Crippen molar-refractivity contribution in [2.45, 2.75) is 25.6 Å². The molecule has 1 aliphatic rings. The molecule has 0 atom stereocenters. The summed E-state index contributed by atoms with van der Waals surface area (Å²) in [5.74, 6) is 0.642. The molecule has 16 heavy (non-hydrogen) atoms. The fourth-order valence-electron chi connectivity index (χ4n) is 1.44. The molecule has 0 aliphatic carbocycles. The zero-order valence-electron chi connectivity index (χ0n) is 9.37. The van der Waals surface area contributed by atoms with Crippen LogP contribution in [0.25, 0.3) is 0 Å². The first-order valence-corrected chi connectivity index (χ1v) is 5.61. The molecule has 1 heterocycles. The molecule has 3 nitrogen and oxygen atoms in total. The second-order valence-corrected chi connectivity index (χ2v) is 4.89. The highest BCUT2D eigenvalue weighted by Gasteiger charge is 2.22. The van der Waals surface area contributed by atoms with Crippen molar-refractivity contribution < 1.29 is 14.6 Å². The molecule has 0 amide bonds. The van der Waals surface area contributed by atoms with E-state index < -0.39 is 5.60 Å². The number of ether oxygens (including phenoxy) is 2. The Kier molecular flexibility index (Phi) is 3.10. The predicted molar refractivity (Wildman–Crippen MR) is 61.9 cm³/mol. The molecular weight excluding hydrogens is 228 g/mol. The van der Waals surface area contributed by atoms with Crippen molar-refractivity contribution >= 4 is 11.6 Å². The van der Waals surface area contributed by atoms with Crippen molar-refractivity contribution in [1.29, 1.82) is 0 Å². The van der Waals surface area contributed by atoms with Gasteiger partial charge in [0, 0.05) is 0 Å². The maximum absolute atomic E-state index is 9.82. The van der Waals surface area contributed by atoms with E-state index in [0.29, 0.717) is 24.0 Å². The van der Waals surface area contributed by atoms with Gasteiger partial charge < -0.3 is 14.6 Å². The van der Waals surface area contributed by atoms with Crippen LogP contribution < -0.4 is 4.74 Å². The Hall–Kier alpha value is -0.770. The molecule has 0 saturated carbocycles. The van der Waals surface area contributed by atoms with E-state index in [1.165, 1.54) is 0 Å². The summed E-state index contributed by atoms with van der Waals surface area (Å²) in [5, 5.41) is 10.3. The van der Waals surface area contributed by atoms with Gasteiger partial charge >= 0.3 is 0 Å². The van der Waals surface area contributed by atoms with Crippen LogP contribution in [-0.2, 0) is 10.3 Å². The lowest BCUT2D eigenvalue weighted by molar-refractivity contribution is -0.0796. The van der Waals surface area contributed by atoms with Crippen LogP contribution in [-0.4, -0.2) is 24.4 Å². The van der Waals surface area contributed by atoms with Crippen molar-refractivity contribution in [3.63, 3.8) is 0 Å². The van der Waals surface area contributed by atoms with Gasteiger partial charge in [0.05, 0.1) is 23.8 Å². The van der Waals surface area contributed by atoms with Crippen molar-refractivity contribution in [3.05, 3.63) is 28.8 Å². The average molecular weight is 243 g/mol. The largest absolute Gasteiger partial charge is 0.484 e. The number of aliphatic hydroxyl groups is 1. The molecule has 0 aromatic heterocycles. The number of rotatable bonds is 3. The van der Waals surface area contributed by atoms with E-state index >= 15 is 0 Å². The highest BCUT2D eigenvalue weighted by atomic mass is 35.5. The topological polar surface area (TPSA) is 38.7 Å². The Morgan fingerprint density at radius 3 is 2.56 bits per heavy atom. The summed E-state index contributed by atoms with van der Waals surface area (Å²) < 4.78 is 10.6. The van der Waals surface area contributed by atoms with Gasteiger partial charge in [0.1, 0.15) is 11.9 Å². The predicted octanol–water partition coefficient (Wildman–Crippen LogP) is 2.35. The maximum atomic E-state index is 9.82.